The molecule has 128 valence electrons. The lowest BCUT2D eigenvalue weighted by atomic mass is 10.0. The molecule has 23 heavy (non-hydrogen) atoms. The van der Waals surface area contributed by atoms with Crippen LogP contribution >= 0.6 is 24.0 Å². The summed E-state index contributed by atoms with van der Waals surface area (Å²) in [6.07, 6.45) is 2.52. The number of amides is 1. The van der Waals surface area contributed by atoms with Crippen molar-refractivity contribution in [2.24, 2.45) is 10.9 Å². The number of carbonyl (C=O) groups excluding carboxylic acids is 1. The van der Waals surface area contributed by atoms with Gasteiger partial charge < -0.3 is 15.5 Å². The third-order valence-electron chi connectivity index (χ3n) is 4.06. The number of piperidine rings is 1. The largest absolute Gasteiger partial charge is 0.355 e. The Kier molecular flexibility index (Phi) is 8.36. The number of guanidine groups is 1. The van der Waals surface area contributed by atoms with Crippen LogP contribution in [0.5, 0.6) is 0 Å². The predicted molar refractivity (Wildman–Crippen MR) is 105 cm³/mol. The minimum Gasteiger partial charge on any atom is -0.355 e. The summed E-state index contributed by atoms with van der Waals surface area (Å²) in [5.74, 6) is 1.62. The van der Waals surface area contributed by atoms with E-state index in [0.717, 1.165) is 30.5 Å². The summed E-state index contributed by atoms with van der Waals surface area (Å²) in [5.41, 5.74) is 1.82. The predicted octanol–water partition coefficient (Wildman–Crippen LogP) is 2.47. The first kappa shape index (κ1) is 19.7. The van der Waals surface area contributed by atoms with Crippen LogP contribution < -0.4 is 10.6 Å². The molecule has 1 unspecified atom stereocenters. The second kappa shape index (κ2) is 9.75. The number of nitrogens with zero attached hydrogens (tertiary/aromatic N) is 2. The molecule has 0 spiro atoms. The zero-order valence-electron chi connectivity index (χ0n) is 14.1. The lowest BCUT2D eigenvalue weighted by Crippen LogP contribution is -2.45. The summed E-state index contributed by atoms with van der Waals surface area (Å²) in [6.45, 7) is 5.14. The molecule has 0 aromatic heterocycles. The average molecular weight is 430 g/mol. The minimum absolute atomic E-state index is 0. The monoisotopic (exact) mass is 430 g/mol. The maximum atomic E-state index is 11.5. The number of hydrogen-bond donors (Lipinski definition) is 2. The van der Waals surface area contributed by atoms with E-state index in [1.807, 2.05) is 31.3 Å². The van der Waals surface area contributed by atoms with Crippen molar-refractivity contribution in [1.29, 1.82) is 0 Å². The zero-order chi connectivity index (χ0) is 15.9. The molecule has 5 nitrogen and oxygen atoms in total. The molecule has 2 N–H and O–H groups in total. The minimum atomic E-state index is -0.0578. The number of hydrogen-bond acceptors (Lipinski definition) is 2. The Morgan fingerprint density at radius 1 is 1.35 bits per heavy atom. The molecule has 6 heteroatoms. The molecule has 0 bridgehead atoms. The Bertz CT molecular complexity index is 530. The van der Waals surface area contributed by atoms with Crippen LogP contribution in [0.25, 0.3) is 0 Å². The topological polar surface area (TPSA) is 56.7 Å². The number of halogens is 1. The number of carbonyl (C=O) groups is 1. The molecule has 1 aromatic rings. The molecular weight excluding hydrogens is 403 g/mol. The van der Waals surface area contributed by atoms with E-state index in [2.05, 4.69) is 27.4 Å². The van der Waals surface area contributed by atoms with E-state index in [1.165, 1.54) is 12.8 Å². The summed E-state index contributed by atoms with van der Waals surface area (Å²) < 4.78 is 0. The smallest absolute Gasteiger partial charge is 0.251 e. The van der Waals surface area contributed by atoms with E-state index >= 15 is 0 Å². The van der Waals surface area contributed by atoms with Gasteiger partial charge in [0.2, 0.25) is 0 Å². The first-order valence-electron chi connectivity index (χ1n) is 7.90. The molecule has 0 aliphatic carbocycles. The summed E-state index contributed by atoms with van der Waals surface area (Å²) >= 11 is 0. The summed E-state index contributed by atoms with van der Waals surface area (Å²) in [5, 5.41) is 6.04. The fourth-order valence-corrected chi connectivity index (χ4v) is 2.81. The maximum absolute atomic E-state index is 11.5. The van der Waals surface area contributed by atoms with Crippen LogP contribution in [-0.2, 0) is 6.54 Å². The lowest BCUT2D eigenvalue weighted by molar-refractivity contribution is 0.0963. The van der Waals surface area contributed by atoms with Crippen LogP contribution in [0.2, 0.25) is 0 Å². The van der Waals surface area contributed by atoms with Crippen LogP contribution in [0.1, 0.15) is 35.7 Å². The number of likely N-dealkylation sites (tertiary alicyclic amines) is 1. The Hall–Kier alpha value is -1.31. The molecule has 0 saturated carbocycles. The highest BCUT2D eigenvalue weighted by Gasteiger charge is 2.18. The Morgan fingerprint density at radius 2 is 2.04 bits per heavy atom. The molecule has 1 atom stereocenters. The summed E-state index contributed by atoms with van der Waals surface area (Å²) in [6, 6.07) is 7.65. The van der Waals surface area contributed by atoms with Crippen molar-refractivity contribution in [3.63, 3.8) is 0 Å². The van der Waals surface area contributed by atoms with Gasteiger partial charge in [0.15, 0.2) is 5.96 Å². The van der Waals surface area contributed by atoms with E-state index in [9.17, 15) is 4.79 Å². The van der Waals surface area contributed by atoms with Crippen LogP contribution in [-0.4, -0.2) is 44.0 Å². The fourth-order valence-electron chi connectivity index (χ4n) is 2.81. The van der Waals surface area contributed by atoms with Crippen molar-refractivity contribution in [1.82, 2.24) is 15.5 Å². The van der Waals surface area contributed by atoms with Gasteiger partial charge in [-0.15, -0.1) is 24.0 Å². The Labute approximate surface area is 156 Å². The molecule has 1 saturated heterocycles. The second-order valence-electron chi connectivity index (χ2n) is 5.87. The van der Waals surface area contributed by atoms with E-state index in [4.69, 9.17) is 0 Å². The average Bonchev–Trinajstić information content (AvgIpc) is 2.55. The summed E-state index contributed by atoms with van der Waals surface area (Å²) in [4.78, 5) is 18.2. The van der Waals surface area contributed by atoms with Gasteiger partial charge in [-0.25, -0.2) is 0 Å². The quantitative estimate of drug-likeness (QED) is 0.440. The molecule has 2 rings (SSSR count). The van der Waals surface area contributed by atoms with E-state index in [-0.39, 0.29) is 29.9 Å². The number of rotatable bonds is 3. The highest BCUT2D eigenvalue weighted by molar-refractivity contribution is 14.0. The van der Waals surface area contributed by atoms with Gasteiger partial charge in [-0.1, -0.05) is 19.1 Å². The Balaban J connectivity index is 0.00000264. The van der Waals surface area contributed by atoms with Gasteiger partial charge in [-0.3, -0.25) is 9.79 Å². The number of aliphatic imine (C=N–C) groups is 1. The van der Waals surface area contributed by atoms with Gasteiger partial charge >= 0.3 is 0 Å². The molecule has 1 aliphatic rings. The second-order valence-corrected chi connectivity index (χ2v) is 5.87. The van der Waals surface area contributed by atoms with Crippen molar-refractivity contribution in [3.05, 3.63) is 35.4 Å². The van der Waals surface area contributed by atoms with Crippen molar-refractivity contribution in [2.45, 2.75) is 26.3 Å². The highest BCUT2D eigenvalue weighted by Crippen LogP contribution is 2.15. The van der Waals surface area contributed by atoms with Crippen molar-refractivity contribution in [2.75, 3.05) is 27.2 Å². The molecule has 1 heterocycles. The molecule has 1 amide bonds. The Morgan fingerprint density at radius 3 is 2.61 bits per heavy atom. The first-order chi connectivity index (χ1) is 10.6. The van der Waals surface area contributed by atoms with Gasteiger partial charge in [0.05, 0.1) is 0 Å². The molecule has 1 aromatic carbocycles. The van der Waals surface area contributed by atoms with E-state index < -0.39 is 0 Å². The van der Waals surface area contributed by atoms with Crippen molar-refractivity contribution in [3.8, 4) is 0 Å². The maximum Gasteiger partial charge on any atom is 0.251 e. The van der Waals surface area contributed by atoms with Gasteiger partial charge in [0.1, 0.15) is 0 Å². The van der Waals surface area contributed by atoms with Gasteiger partial charge in [0, 0.05) is 39.3 Å². The molecule has 0 radical (unpaired) electrons. The third kappa shape index (κ3) is 5.67. The summed E-state index contributed by atoms with van der Waals surface area (Å²) in [7, 11) is 3.47. The third-order valence-corrected chi connectivity index (χ3v) is 4.06. The van der Waals surface area contributed by atoms with Gasteiger partial charge in [-0.05, 0) is 36.5 Å². The van der Waals surface area contributed by atoms with Crippen LogP contribution in [0, 0.1) is 5.92 Å². The van der Waals surface area contributed by atoms with Crippen LogP contribution in [0.15, 0.2) is 29.3 Å². The van der Waals surface area contributed by atoms with Crippen LogP contribution in [0.3, 0.4) is 0 Å². The van der Waals surface area contributed by atoms with Gasteiger partial charge in [0.25, 0.3) is 5.91 Å². The normalized spacial score (nSPS) is 18.1. The van der Waals surface area contributed by atoms with E-state index in [1.54, 1.807) is 7.05 Å². The van der Waals surface area contributed by atoms with Crippen LogP contribution in [0.4, 0.5) is 0 Å². The zero-order valence-corrected chi connectivity index (χ0v) is 16.5. The SMILES string of the molecule is CN=C(NCc1ccc(C(=O)NC)cc1)N1CCCC(C)C1.I. The number of nitrogens with one attached hydrogen (secondary N) is 2. The van der Waals surface area contributed by atoms with Crippen molar-refractivity contribution >= 4 is 35.8 Å². The van der Waals surface area contributed by atoms with Gasteiger partial charge in [-0.2, -0.15) is 0 Å². The molecule has 1 aliphatic heterocycles. The first-order valence-corrected chi connectivity index (χ1v) is 7.90. The fraction of sp³-hybridized carbons (Fsp3) is 0.529. The highest BCUT2D eigenvalue weighted by atomic mass is 127. The standard InChI is InChI=1S/C17H26N4O.HI/c1-13-5-4-10-21(12-13)17(19-3)20-11-14-6-8-15(9-7-14)16(22)18-2;/h6-9,13H,4-5,10-12H2,1-3H3,(H,18,22)(H,19,20);1H. The lowest BCUT2D eigenvalue weighted by Gasteiger charge is -2.33. The van der Waals surface area contributed by atoms with E-state index in [0.29, 0.717) is 12.1 Å². The molecular formula is C17H27IN4O. The number of benzene rings is 1. The van der Waals surface area contributed by atoms with Crippen molar-refractivity contribution < 1.29 is 4.79 Å². The molecule has 1 fully saturated rings.